The summed E-state index contributed by atoms with van der Waals surface area (Å²) in [5.41, 5.74) is 1.23. The van der Waals surface area contributed by atoms with Crippen molar-refractivity contribution >= 4 is 17.3 Å². The van der Waals surface area contributed by atoms with Gasteiger partial charge in [-0.15, -0.1) is 0 Å². The minimum atomic E-state index is -1.21. The number of nitro groups is 1. The highest BCUT2D eigenvalue weighted by molar-refractivity contribution is 5.92. The number of benzene rings is 2. The SMILES string of the molecule is CCC(Nc1ccc(O)c(C(=O)O)c1)c1ccc([N+](=O)[O-])cc1. The molecular weight excluding hydrogens is 300 g/mol. The van der Waals surface area contributed by atoms with E-state index in [1.54, 1.807) is 18.2 Å². The van der Waals surface area contributed by atoms with E-state index < -0.39 is 10.9 Å². The van der Waals surface area contributed by atoms with Crippen molar-refractivity contribution in [2.75, 3.05) is 5.32 Å². The topological polar surface area (TPSA) is 113 Å². The van der Waals surface area contributed by atoms with Crippen LogP contribution in [0.4, 0.5) is 11.4 Å². The third kappa shape index (κ3) is 3.76. The van der Waals surface area contributed by atoms with Crippen LogP contribution >= 0.6 is 0 Å². The molecule has 0 heterocycles. The molecule has 2 aromatic rings. The number of nitro benzene ring substituents is 1. The van der Waals surface area contributed by atoms with Crippen LogP contribution in [-0.2, 0) is 0 Å². The Kier molecular flexibility index (Phi) is 4.80. The maximum Gasteiger partial charge on any atom is 0.339 e. The van der Waals surface area contributed by atoms with Crippen molar-refractivity contribution in [1.29, 1.82) is 0 Å². The van der Waals surface area contributed by atoms with E-state index in [0.717, 1.165) is 5.56 Å². The number of phenols is 1. The predicted octanol–water partition coefficient (Wildman–Crippen LogP) is 3.56. The van der Waals surface area contributed by atoms with E-state index in [2.05, 4.69) is 5.32 Å². The summed E-state index contributed by atoms with van der Waals surface area (Å²) in [6, 6.07) is 10.3. The lowest BCUT2D eigenvalue weighted by Crippen LogP contribution is -2.10. The number of rotatable bonds is 6. The molecule has 7 heteroatoms. The smallest absolute Gasteiger partial charge is 0.339 e. The summed E-state index contributed by atoms with van der Waals surface area (Å²) in [5, 5.41) is 32.4. The Hall–Kier alpha value is -3.09. The second kappa shape index (κ2) is 6.78. The lowest BCUT2D eigenvalue weighted by atomic mass is 10.0. The molecule has 2 rings (SSSR count). The summed E-state index contributed by atoms with van der Waals surface area (Å²) in [6.45, 7) is 1.94. The largest absolute Gasteiger partial charge is 0.507 e. The van der Waals surface area contributed by atoms with Gasteiger partial charge < -0.3 is 15.5 Å². The molecule has 120 valence electrons. The lowest BCUT2D eigenvalue weighted by molar-refractivity contribution is -0.384. The van der Waals surface area contributed by atoms with Crippen molar-refractivity contribution in [3.8, 4) is 5.75 Å². The van der Waals surface area contributed by atoms with Crippen LogP contribution in [-0.4, -0.2) is 21.1 Å². The van der Waals surface area contributed by atoms with Crippen LogP contribution in [0.3, 0.4) is 0 Å². The van der Waals surface area contributed by atoms with Crippen LogP contribution in [0, 0.1) is 10.1 Å². The van der Waals surface area contributed by atoms with Crippen molar-refractivity contribution in [3.05, 3.63) is 63.7 Å². The molecule has 0 aliphatic carbocycles. The van der Waals surface area contributed by atoms with Gasteiger partial charge in [0.1, 0.15) is 11.3 Å². The van der Waals surface area contributed by atoms with Gasteiger partial charge in [0, 0.05) is 17.8 Å². The number of non-ortho nitro benzene ring substituents is 1. The molecule has 0 spiro atoms. The standard InChI is InChI=1S/C16H16N2O5/c1-2-14(10-3-6-12(7-4-10)18(22)23)17-11-5-8-15(19)13(9-11)16(20)21/h3-9,14,17,19H,2H2,1H3,(H,20,21). The maximum atomic E-state index is 11.0. The minimum Gasteiger partial charge on any atom is -0.507 e. The lowest BCUT2D eigenvalue weighted by Gasteiger charge is -2.19. The van der Waals surface area contributed by atoms with E-state index >= 15 is 0 Å². The number of aromatic hydroxyl groups is 1. The summed E-state index contributed by atoms with van der Waals surface area (Å²) in [6.07, 6.45) is 0.696. The van der Waals surface area contributed by atoms with Crippen LogP contribution in [0.2, 0.25) is 0 Å². The van der Waals surface area contributed by atoms with Gasteiger partial charge in [-0.05, 0) is 30.2 Å². The zero-order valence-electron chi connectivity index (χ0n) is 12.4. The molecule has 0 saturated heterocycles. The number of nitrogens with zero attached hydrogens (tertiary/aromatic N) is 1. The van der Waals surface area contributed by atoms with Crippen molar-refractivity contribution < 1.29 is 19.9 Å². The van der Waals surface area contributed by atoms with Crippen molar-refractivity contribution in [2.45, 2.75) is 19.4 Å². The van der Waals surface area contributed by atoms with Gasteiger partial charge in [0.25, 0.3) is 5.69 Å². The number of carboxylic acids is 1. The summed E-state index contributed by atoms with van der Waals surface area (Å²) in [7, 11) is 0. The van der Waals surface area contributed by atoms with Gasteiger partial charge in [-0.2, -0.15) is 0 Å². The first kappa shape index (κ1) is 16.3. The Morgan fingerprint density at radius 1 is 1.26 bits per heavy atom. The van der Waals surface area contributed by atoms with Gasteiger partial charge in [0.2, 0.25) is 0 Å². The Morgan fingerprint density at radius 3 is 2.43 bits per heavy atom. The van der Waals surface area contributed by atoms with E-state index in [0.29, 0.717) is 12.1 Å². The molecule has 3 N–H and O–H groups in total. The first-order chi connectivity index (χ1) is 10.9. The van der Waals surface area contributed by atoms with E-state index in [-0.39, 0.29) is 23.0 Å². The predicted molar refractivity (Wildman–Crippen MR) is 84.8 cm³/mol. The Labute approximate surface area is 132 Å². The summed E-state index contributed by atoms with van der Waals surface area (Å²) in [4.78, 5) is 21.3. The first-order valence-corrected chi connectivity index (χ1v) is 6.99. The van der Waals surface area contributed by atoms with E-state index in [1.807, 2.05) is 6.92 Å². The molecule has 7 nitrogen and oxygen atoms in total. The molecule has 0 saturated carbocycles. The second-order valence-electron chi connectivity index (χ2n) is 4.99. The van der Waals surface area contributed by atoms with Gasteiger partial charge in [0.15, 0.2) is 0 Å². The molecule has 23 heavy (non-hydrogen) atoms. The molecule has 0 aliphatic heterocycles. The molecule has 2 aromatic carbocycles. The van der Waals surface area contributed by atoms with E-state index in [1.165, 1.54) is 24.3 Å². The van der Waals surface area contributed by atoms with Crippen molar-refractivity contribution in [2.24, 2.45) is 0 Å². The van der Waals surface area contributed by atoms with Crippen LogP contribution in [0.1, 0.15) is 35.3 Å². The Bertz CT molecular complexity index is 728. The van der Waals surface area contributed by atoms with Gasteiger partial charge in [-0.1, -0.05) is 19.1 Å². The number of aromatic carboxylic acids is 1. The molecular formula is C16H16N2O5. The molecule has 1 unspecified atom stereocenters. The summed E-state index contributed by atoms with van der Waals surface area (Å²) >= 11 is 0. The molecule has 0 bridgehead atoms. The number of nitrogens with one attached hydrogen (secondary N) is 1. The van der Waals surface area contributed by atoms with Gasteiger partial charge in [0.05, 0.1) is 11.0 Å². The molecule has 0 radical (unpaired) electrons. The maximum absolute atomic E-state index is 11.0. The Balaban J connectivity index is 2.24. The van der Waals surface area contributed by atoms with Crippen LogP contribution in [0.25, 0.3) is 0 Å². The average Bonchev–Trinajstić information content (AvgIpc) is 2.54. The highest BCUT2D eigenvalue weighted by Crippen LogP contribution is 2.27. The number of hydrogen-bond acceptors (Lipinski definition) is 5. The highest BCUT2D eigenvalue weighted by Gasteiger charge is 2.14. The monoisotopic (exact) mass is 316 g/mol. The van der Waals surface area contributed by atoms with Crippen LogP contribution < -0.4 is 5.32 Å². The molecule has 0 fully saturated rings. The number of hydrogen-bond donors (Lipinski definition) is 3. The quantitative estimate of drug-likeness (QED) is 0.426. The number of carboxylic acid groups (broad SMARTS) is 1. The van der Waals surface area contributed by atoms with Crippen LogP contribution in [0.5, 0.6) is 5.75 Å². The first-order valence-electron chi connectivity index (χ1n) is 6.99. The highest BCUT2D eigenvalue weighted by atomic mass is 16.6. The zero-order chi connectivity index (χ0) is 17.0. The number of anilines is 1. The fourth-order valence-corrected chi connectivity index (χ4v) is 2.25. The molecule has 0 aromatic heterocycles. The fourth-order valence-electron chi connectivity index (χ4n) is 2.25. The Morgan fingerprint density at radius 2 is 1.91 bits per heavy atom. The third-order valence-corrected chi connectivity index (χ3v) is 3.48. The minimum absolute atomic E-state index is 0.0152. The average molecular weight is 316 g/mol. The third-order valence-electron chi connectivity index (χ3n) is 3.48. The normalized spacial score (nSPS) is 11.7. The van der Waals surface area contributed by atoms with Gasteiger partial charge in [-0.25, -0.2) is 4.79 Å². The molecule has 0 aliphatic rings. The summed E-state index contributed by atoms with van der Waals surface area (Å²) < 4.78 is 0. The van der Waals surface area contributed by atoms with E-state index in [9.17, 15) is 20.0 Å². The molecule has 0 amide bonds. The van der Waals surface area contributed by atoms with E-state index in [4.69, 9.17) is 5.11 Å². The van der Waals surface area contributed by atoms with Gasteiger partial charge in [-0.3, -0.25) is 10.1 Å². The van der Waals surface area contributed by atoms with Crippen molar-refractivity contribution in [3.63, 3.8) is 0 Å². The fraction of sp³-hybridized carbons (Fsp3) is 0.188. The number of carbonyl (C=O) groups is 1. The second-order valence-corrected chi connectivity index (χ2v) is 4.99. The van der Waals surface area contributed by atoms with Crippen LogP contribution in [0.15, 0.2) is 42.5 Å². The molecule has 1 atom stereocenters. The zero-order valence-corrected chi connectivity index (χ0v) is 12.4. The summed E-state index contributed by atoms with van der Waals surface area (Å²) in [5.74, 6) is -1.51. The van der Waals surface area contributed by atoms with Gasteiger partial charge >= 0.3 is 5.97 Å². The van der Waals surface area contributed by atoms with Crippen molar-refractivity contribution in [1.82, 2.24) is 0 Å².